The first-order valence-corrected chi connectivity index (χ1v) is 4.84. The number of phenolic OH excluding ortho intramolecular Hbond substituents is 1. The minimum Gasteiger partial charge on any atom is -0.504 e. The average molecular weight is 218 g/mol. The van der Waals surface area contributed by atoms with Crippen molar-refractivity contribution in [2.75, 3.05) is 0 Å². The fraction of sp³-hybridized carbons (Fsp3) is 0.400. The van der Waals surface area contributed by atoms with Crippen LogP contribution >= 0.6 is 11.6 Å². The lowest BCUT2D eigenvalue weighted by atomic mass is 10.0. The molecule has 3 N–H and O–H groups in total. The molecular formula is C10H13ClFNO. The van der Waals surface area contributed by atoms with Crippen LogP contribution in [0, 0.1) is 5.82 Å². The van der Waals surface area contributed by atoms with Crippen LogP contribution in [0.1, 0.15) is 18.9 Å². The molecule has 1 rings (SSSR count). The number of benzene rings is 1. The van der Waals surface area contributed by atoms with E-state index >= 15 is 0 Å². The molecule has 0 heterocycles. The van der Waals surface area contributed by atoms with Crippen LogP contribution < -0.4 is 5.73 Å². The van der Waals surface area contributed by atoms with E-state index in [-0.39, 0.29) is 11.1 Å². The van der Waals surface area contributed by atoms with Gasteiger partial charge in [0.2, 0.25) is 0 Å². The van der Waals surface area contributed by atoms with Gasteiger partial charge in [0.15, 0.2) is 11.6 Å². The van der Waals surface area contributed by atoms with Gasteiger partial charge in [-0.15, -0.1) is 0 Å². The Bertz CT molecular complexity index is 307. The molecule has 4 heteroatoms. The van der Waals surface area contributed by atoms with E-state index in [1.165, 1.54) is 12.1 Å². The van der Waals surface area contributed by atoms with E-state index in [9.17, 15) is 4.39 Å². The number of rotatable bonds is 3. The third-order valence-electron chi connectivity index (χ3n) is 2.10. The molecule has 0 radical (unpaired) electrons. The van der Waals surface area contributed by atoms with Gasteiger partial charge in [-0.25, -0.2) is 4.39 Å². The second-order valence-corrected chi connectivity index (χ2v) is 3.69. The fourth-order valence-corrected chi connectivity index (χ4v) is 1.41. The van der Waals surface area contributed by atoms with Crippen LogP contribution in [-0.2, 0) is 6.42 Å². The predicted octanol–water partition coefficient (Wildman–Crippen LogP) is 2.46. The van der Waals surface area contributed by atoms with Crippen LogP contribution in [0.3, 0.4) is 0 Å². The summed E-state index contributed by atoms with van der Waals surface area (Å²) in [5.74, 6) is -1.20. The second-order valence-electron chi connectivity index (χ2n) is 3.28. The Labute approximate surface area is 87.5 Å². The summed E-state index contributed by atoms with van der Waals surface area (Å²) < 4.78 is 13.0. The molecule has 0 bridgehead atoms. The number of halogens is 2. The largest absolute Gasteiger partial charge is 0.504 e. The Balaban J connectivity index is 2.89. The molecule has 2 nitrogen and oxygen atoms in total. The molecule has 0 aliphatic heterocycles. The highest BCUT2D eigenvalue weighted by molar-refractivity contribution is 6.32. The number of hydrogen-bond donors (Lipinski definition) is 2. The first kappa shape index (κ1) is 11.3. The molecule has 1 unspecified atom stereocenters. The first-order valence-electron chi connectivity index (χ1n) is 4.47. The molecule has 0 aliphatic carbocycles. The zero-order valence-corrected chi connectivity index (χ0v) is 8.68. The second kappa shape index (κ2) is 4.62. The maximum atomic E-state index is 13.0. The van der Waals surface area contributed by atoms with Gasteiger partial charge in [-0.1, -0.05) is 18.5 Å². The van der Waals surface area contributed by atoms with Gasteiger partial charge >= 0.3 is 0 Å². The van der Waals surface area contributed by atoms with Crippen LogP contribution in [0.4, 0.5) is 4.39 Å². The Morgan fingerprint density at radius 3 is 2.71 bits per heavy atom. The topological polar surface area (TPSA) is 46.2 Å². The third kappa shape index (κ3) is 2.59. The molecule has 0 aliphatic rings. The van der Waals surface area contributed by atoms with Gasteiger partial charge in [0.1, 0.15) is 0 Å². The number of aromatic hydroxyl groups is 1. The monoisotopic (exact) mass is 217 g/mol. The van der Waals surface area contributed by atoms with Gasteiger partial charge < -0.3 is 10.8 Å². The molecule has 0 fully saturated rings. The molecule has 78 valence electrons. The van der Waals surface area contributed by atoms with Crippen molar-refractivity contribution in [1.82, 2.24) is 0 Å². The van der Waals surface area contributed by atoms with Gasteiger partial charge in [0.05, 0.1) is 5.02 Å². The smallest absolute Gasteiger partial charge is 0.170 e. The van der Waals surface area contributed by atoms with E-state index in [0.29, 0.717) is 12.0 Å². The van der Waals surface area contributed by atoms with Crippen molar-refractivity contribution in [2.24, 2.45) is 5.73 Å². The minimum absolute atomic E-state index is 0.00462. The Kier molecular flexibility index (Phi) is 3.72. The van der Waals surface area contributed by atoms with Gasteiger partial charge in [0.25, 0.3) is 0 Å². The zero-order chi connectivity index (χ0) is 10.7. The highest BCUT2D eigenvalue weighted by Crippen LogP contribution is 2.28. The van der Waals surface area contributed by atoms with Crippen molar-refractivity contribution in [3.8, 4) is 5.75 Å². The molecule has 1 aromatic carbocycles. The predicted molar refractivity (Wildman–Crippen MR) is 55.0 cm³/mol. The standard InChI is InChI=1S/C10H13ClFNO/c1-2-7(13)3-6-4-8(11)10(14)9(12)5-6/h4-5,7,14H,2-3,13H2,1H3. The summed E-state index contributed by atoms with van der Waals surface area (Å²) in [6.45, 7) is 1.96. The number of hydrogen-bond acceptors (Lipinski definition) is 2. The van der Waals surface area contributed by atoms with Crippen LogP contribution in [-0.4, -0.2) is 11.1 Å². The highest BCUT2D eigenvalue weighted by atomic mass is 35.5. The molecule has 14 heavy (non-hydrogen) atoms. The zero-order valence-electron chi connectivity index (χ0n) is 7.93. The Hall–Kier alpha value is -0.800. The summed E-state index contributed by atoms with van der Waals surface area (Å²) in [7, 11) is 0. The summed E-state index contributed by atoms with van der Waals surface area (Å²) in [5, 5.41) is 9.11. The van der Waals surface area contributed by atoms with Crippen LogP contribution in [0.15, 0.2) is 12.1 Å². The van der Waals surface area contributed by atoms with Crippen LogP contribution in [0.2, 0.25) is 5.02 Å². The Morgan fingerprint density at radius 2 is 2.21 bits per heavy atom. The van der Waals surface area contributed by atoms with Crippen molar-refractivity contribution in [2.45, 2.75) is 25.8 Å². The van der Waals surface area contributed by atoms with Crippen LogP contribution in [0.25, 0.3) is 0 Å². The van der Waals surface area contributed by atoms with E-state index in [1.54, 1.807) is 0 Å². The summed E-state index contributed by atoms with van der Waals surface area (Å²) in [6.07, 6.45) is 1.38. The maximum absolute atomic E-state index is 13.0. The van der Waals surface area contributed by atoms with E-state index < -0.39 is 11.6 Å². The lowest BCUT2D eigenvalue weighted by Crippen LogP contribution is -2.21. The van der Waals surface area contributed by atoms with Crippen LogP contribution in [0.5, 0.6) is 5.75 Å². The third-order valence-corrected chi connectivity index (χ3v) is 2.39. The quantitative estimate of drug-likeness (QED) is 0.817. The first-order chi connectivity index (χ1) is 6.54. The molecule has 1 aromatic rings. The summed E-state index contributed by atoms with van der Waals surface area (Å²) in [5.41, 5.74) is 6.42. The minimum atomic E-state index is -0.698. The van der Waals surface area contributed by atoms with Gasteiger partial charge in [-0.3, -0.25) is 0 Å². The molecule has 0 aromatic heterocycles. The van der Waals surface area contributed by atoms with E-state index in [1.807, 2.05) is 6.92 Å². The highest BCUT2D eigenvalue weighted by Gasteiger charge is 2.09. The Morgan fingerprint density at radius 1 is 1.57 bits per heavy atom. The summed E-state index contributed by atoms with van der Waals surface area (Å²) in [6, 6.07) is 2.79. The van der Waals surface area contributed by atoms with Crippen molar-refractivity contribution < 1.29 is 9.50 Å². The lowest BCUT2D eigenvalue weighted by Gasteiger charge is -2.09. The molecule has 0 amide bonds. The molecule has 0 spiro atoms. The molecule has 1 atom stereocenters. The lowest BCUT2D eigenvalue weighted by molar-refractivity contribution is 0.432. The SMILES string of the molecule is CCC(N)Cc1cc(F)c(O)c(Cl)c1. The van der Waals surface area contributed by atoms with Crippen molar-refractivity contribution in [3.63, 3.8) is 0 Å². The normalized spacial score (nSPS) is 12.9. The van der Waals surface area contributed by atoms with Crippen molar-refractivity contribution in [1.29, 1.82) is 0 Å². The molecular weight excluding hydrogens is 205 g/mol. The molecule has 0 saturated heterocycles. The summed E-state index contributed by atoms with van der Waals surface area (Å²) in [4.78, 5) is 0. The van der Waals surface area contributed by atoms with Crippen molar-refractivity contribution in [3.05, 3.63) is 28.5 Å². The average Bonchev–Trinajstić information content (AvgIpc) is 2.14. The van der Waals surface area contributed by atoms with E-state index in [0.717, 1.165) is 6.42 Å². The summed E-state index contributed by atoms with van der Waals surface area (Å²) >= 11 is 5.61. The fourth-order valence-electron chi connectivity index (χ4n) is 1.18. The van der Waals surface area contributed by atoms with Gasteiger partial charge in [0, 0.05) is 6.04 Å². The van der Waals surface area contributed by atoms with Gasteiger partial charge in [-0.05, 0) is 30.5 Å². The number of phenols is 1. The van der Waals surface area contributed by atoms with E-state index in [4.69, 9.17) is 22.4 Å². The van der Waals surface area contributed by atoms with Gasteiger partial charge in [-0.2, -0.15) is 0 Å². The van der Waals surface area contributed by atoms with E-state index in [2.05, 4.69) is 0 Å². The molecule has 0 saturated carbocycles. The number of nitrogens with two attached hydrogens (primary N) is 1. The van der Waals surface area contributed by atoms with Crippen molar-refractivity contribution >= 4 is 11.6 Å². The maximum Gasteiger partial charge on any atom is 0.170 e.